The second kappa shape index (κ2) is 12.3. The molecule has 8 bridgehead atoms. The van der Waals surface area contributed by atoms with Gasteiger partial charge < -0.3 is 9.97 Å². The SMILES string of the molecule is Fc1c(F)c(F)c(-c2c3nc(cncc4ccc([nH]4)c(-c4c(F)c(F)c(F)c(F)c4F)c4nc(cncc5ccc2[nH]5)C=C4)C=C3)c(F)c1F. The standard InChI is InChI=1S/C34H14F10N6/c35-25-23(26(36)30(40)33(43)29(25)39)21-17-5-1-13(47-17)9-45-10-14-3-7-19(49-14)22(24-27(37)31(41)34(44)32(42)28(24)38)20-8-4-16(50-20)12-46-11-15-2-6-18(21)48-15/h1-12,47,50H. The Morgan fingerprint density at radius 3 is 1.06 bits per heavy atom. The highest BCUT2D eigenvalue weighted by Crippen LogP contribution is 2.38. The van der Waals surface area contributed by atoms with Crippen molar-refractivity contribution in [3.05, 3.63) is 130 Å². The summed E-state index contributed by atoms with van der Waals surface area (Å²) in [5.41, 5.74) is -3.50. The molecule has 0 unspecified atom stereocenters. The number of nitrogens with one attached hydrogen (secondary N) is 2. The lowest BCUT2D eigenvalue weighted by Crippen LogP contribution is -2.05. The maximum absolute atomic E-state index is 15.1. The van der Waals surface area contributed by atoms with Crippen LogP contribution in [0.5, 0.6) is 0 Å². The molecule has 7 rings (SSSR count). The van der Waals surface area contributed by atoms with Gasteiger partial charge in [-0.05, 0) is 48.6 Å². The van der Waals surface area contributed by atoms with Crippen LogP contribution in [0, 0.1) is 58.2 Å². The molecule has 0 fully saturated rings. The molecule has 250 valence electrons. The molecule has 0 spiro atoms. The van der Waals surface area contributed by atoms with E-state index in [9.17, 15) is 26.3 Å². The maximum Gasteiger partial charge on any atom is 0.200 e. The second-order valence-electron chi connectivity index (χ2n) is 10.6. The number of hydrogen-bond donors (Lipinski definition) is 2. The Morgan fingerprint density at radius 2 is 0.700 bits per heavy atom. The zero-order chi connectivity index (χ0) is 35.4. The number of aromatic nitrogens is 6. The van der Waals surface area contributed by atoms with E-state index in [1.165, 1.54) is 73.4 Å². The van der Waals surface area contributed by atoms with Gasteiger partial charge in [-0.15, -0.1) is 0 Å². The van der Waals surface area contributed by atoms with E-state index < -0.39 is 80.4 Å². The Morgan fingerprint density at radius 1 is 0.360 bits per heavy atom. The van der Waals surface area contributed by atoms with Crippen molar-refractivity contribution < 1.29 is 43.9 Å². The summed E-state index contributed by atoms with van der Waals surface area (Å²) in [5.74, 6) is -21.6. The van der Waals surface area contributed by atoms with Crippen LogP contribution in [-0.2, 0) is 0 Å². The Bertz CT molecular complexity index is 2340. The summed E-state index contributed by atoms with van der Waals surface area (Å²) in [4.78, 5) is 22.2. The van der Waals surface area contributed by atoms with E-state index in [0.717, 1.165) is 0 Å². The van der Waals surface area contributed by atoms with Crippen LogP contribution in [0.2, 0.25) is 0 Å². The van der Waals surface area contributed by atoms with Gasteiger partial charge in [-0.25, -0.2) is 53.9 Å². The van der Waals surface area contributed by atoms with Crippen LogP contribution in [-0.4, -0.2) is 29.9 Å². The highest BCUT2D eigenvalue weighted by Gasteiger charge is 2.30. The van der Waals surface area contributed by atoms with Crippen molar-refractivity contribution >= 4 is 46.4 Å². The van der Waals surface area contributed by atoms with Crippen LogP contribution in [0.4, 0.5) is 43.9 Å². The van der Waals surface area contributed by atoms with E-state index in [1.807, 2.05) is 0 Å². The highest BCUT2D eigenvalue weighted by molar-refractivity contribution is 5.92. The molecule has 0 saturated carbocycles. The minimum atomic E-state index is -2.33. The molecule has 0 amide bonds. The second-order valence-corrected chi connectivity index (χ2v) is 10.6. The lowest BCUT2D eigenvalue weighted by Gasteiger charge is -2.09. The number of fused-ring (bicyclic) bond motifs is 8. The number of rotatable bonds is 2. The van der Waals surface area contributed by atoms with Crippen LogP contribution in [0.1, 0.15) is 22.8 Å². The number of halogens is 10. The maximum atomic E-state index is 15.1. The summed E-state index contributed by atoms with van der Waals surface area (Å²) in [6.45, 7) is 0. The van der Waals surface area contributed by atoms with Crippen LogP contribution >= 0.6 is 0 Å². The van der Waals surface area contributed by atoms with Gasteiger partial charge in [-0.3, -0.25) is 9.97 Å². The van der Waals surface area contributed by atoms with Crippen molar-refractivity contribution in [2.45, 2.75) is 0 Å². The van der Waals surface area contributed by atoms with Gasteiger partial charge in [0.2, 0.25) is 11.6 Å². The minimum Gasteiger partial charge on any atom is -0.354 e. The quantitative estimate of drug-likeness (QED) is 0.107. The fourth-order valence-electron chi connectivity index (χ4n) is 5.28. The lowest BCUT2D eigenvalue weighted by atomic mass is 10.0. The normalized spacial score (nSPS) is 12.0. The summed E-state index contributed by atoms with van der Waals surface area (Å²) >= 11 is 0. The lowest BCUT2D eigenvalue weighted by molar-refractivity contribution is 0.381. The van der Waals surface area contributed by atoms with E-state index in [4.69, 9.17) is 0 Å². The molecule has 0 atom stereocenters. The topological polar surface area (TPSA) is 83.1 Å². The molecule has 5 aromatic rings. The third-order valence-electron chi connectivity index (χ3n) is 7.55. The Labute approximate surface area is 272 Å². The van der Waals surface area contributed by atoms with Gasteiger partial charge >= 0.3 is 0 Å². The molecule has 3 aromatic heterocycles. The summed E-state index contributed by atoms with van der Waals surface area (Å²) in [5, 5.41) is 0. The molecule has 5 heterocycles. The number of aromatic amines is 2. The fraction of sp³-hybridized carbons (Fsp3) is 0. The number of H-pyrrole nitrogens is 2. The van der Waals surface area contributed by atoms with Crippen molar-refractivity contribution in [1.29, 1.82) is 0 Å². The predicted octanol–water partition coefficient (Wildman–Crippen LogP) is 9.29. The van der Waals surface area contributed by atoms with Gasteiger partial charge in [0.15, 0.2) is 46.5 Å². The Balaban J connectivity index is 1.53. The number of hydrogen-bond acceptors (Lipinski definition) is 4. The molecule has 2 aliphatic rings. The molecular weight excluding hydrogens is 682 g/mol. The summed E-state index contributed by atoms with van der Waals surface area (Å²) in [6.07, 6.45) is 9.94. The van der Waals surface area contributed by atoms with Gasteiger partial charge in [-0.1, -0.05) is 0 Å². The molecule has 2 aromatic carbocycles. The predicted molar refractivity (Wildman–Crippen MR) is 163 cm³/mol. The zero-order valence-electron chi connectivity index (χ0n) is 24.5. The average Bonchev–Trinajstić information content (AvgIpc) is 3.94. The van der Waals surface area contributed by atoms with E-state index in [2.05, 4.69) is 29.9 Å². The first-order chi connectivity index (χ1) is 23.9. The first-order valence-electron chi connectivity index (χ1n) is 14.1. The molecule has 50 heavy (non-hydrogen) atoms. The van der Waals surface area contributed by atoms with Gasteiger partial charge in [0.1, 0.15) is 0 Å². The Kier molecular flexibility index (Phi) is 7.92. The van der Waals surface area contributed by atoms with Crippen LogP contribution in [0.25, 0.3) is 68.6 Å². The van der Waals surface area contributed by atoms with Crippen molar-refractivity contribution in [3.63, 3.8) is 0 Å². The first-order valence-corrected chi connectivity index (χ1v) is 14.1. The Hall–Kier alpha value is -6.32. The average molecular weight is 697 g/mol. The minimum absolute atomic E-state index is 0.0731. The molecule has 2 N–H and O–H groups in total. The zero-order valence-corrected chi connectivity index (χ0v) is 24.5. The van der Waals surface area contributed by atoms with E-state index >= 15 is 17.6 Å². The number of nitrogens with zero attached hydrogens (tertiary/aromatic N) is 4. The van der Waals surface area contributed by atoms with Crippen molar-refractivity contribution in [3.8, 4) is 22.3 Å². The van der Waals surface area contributed by atoms with E-state index in [0.29, 0.717) is 0 Å². The largest absolute Gasteiger partial charge is 0.354 e. The number of benzene rings is 2. The van der Waals surface area contributed by atoms with Gasteiger partial charge in [-0.2, -0.15) is 0 Å². The summed E-state index contributed by atoms with van der Waals surface area (Å²) in [7, 11) is 0. The van der Waals surface area contributed by atoms with Crippen LogP contribution < -0.4 is 0 Å². The van der Waals surface area contributed by atoms with Gasteiger partial charge in [0.25, 0.3) is 0 Å². The first kappa shape index (κ1) is 32.2. The van der Waals surface area contributed by atoms with Crippen molar-refractivity contribution in [2.24, 2.45) is 0 Å². The molecule has 0 radical (unpaired) electrons. The van der Waals surface area contributed by atoms with Crippen LogP contribution in [0.3, 0.4) is 0 Å². The molecule has 0 aliphatic carbocycles. The highest BCUT2D eigenvalue weighted by atomic mass is 19.2. The van der Waals surface area contributed by atoms with Crippen molar-refractivity contribution in [1.82, 2.24) is 29.9 Å². The monoisotopic (exact) mass is 696 g/mol. The molecular formula is C34H14F10N6. The third-order valence-corrected chi connectivity index (χ3v) is 7.55. The molecule has 2 aliphatic heterocycles. The van der Waals surface area contributed by atoms with Crippen molar-refractivity contribution in [2.75, 3.05) is 0 Å². The molecule has 6 nitrogen and oxygen atoms in total. The molecule has 0 saturated heterocycles. The fourth-order valence-corrected chi connectivity index (χ4v) is 5.28. The van der Waals surface area contributed by atoms with Crippen LogP contribution in [0.15, 0.2) is 49.1 Å². The van der Waals surface area contributed by atoms with E-state index in [1.54, 1.807) is 0 Å². The van der Waals surface area contributed by atoms with Gasteiger partial charge in [0, 0.05) is 22.2 Å². The van der Waals surface area contributed by atoms with E-state index in [-0.39, 0.29) is 44.8 Å². The summed E-state index contributed by atoms with van der Waals surface area (Å²) < 4.78 is 145. The smallest absolute Gasteiger partial charge is 0.200 e. The molecule has 16 heteroatoms. The van der Waals surface area contributed by atoms with Gasteiger partial charge in [0.05, 0.1) is 69.7 Å². The third kappa shape index (κ3) is 5.34. The summed E-state index contributed by atoms with van der Waals surface area (Å²) in [6, 6.07) is 5.34.